The number of allylic oxidation sites excluding steroid dienone is 1. The number of amides is 3. The van der Waals surface area contributed by atoms with E-state index in [1.165, 1.54) is 4.90 Å². The van der Waals surface area contributed by atoms with Crippen LogP contribution in [0, 0.1) is 17.8 Å². The number of likely N-dealkylation sites (tertiary alicyclic amines) is 1. The van der Waals surface area contributed by atoms with Gasteiger partial charge in [-0.15, -0.1) is 0 Å². The highest BCUT2D eigenvalue weighted by Gasteiger charge is 2.72. The zero-order chi connectivity index (χ0) is 33.3. The summed E-state index contributed by atoms with van der Waals surface area (Å²) >= 11 is 6.15. The molecule has 248 valence electrons. The zero-order valence-electron chi connectivity index (χ0n) is 26.5. The van der Waals surface area contributed by atoms with Gasteiger partial charge in [-0.3, -0.25) is 19.2 Å². The molecule has 0 saturated carbocycles. The van der Waals surface area contributed by atoms with Gasteiger partial charge in [0.2, 0.25) is 11.8 Å². The highest BCUT2D eigenvalue weighted by atomic mass is 35.5. The lowest BCUT2D eigenvalue weighted by Crippen LogP contribution is -2.58. The van der Waals surface area contributed by atoms with E-state index in [4.69, 9.17) is 21.1 Å². The molecule has 2 aromatic rings. The molecule has 0 aliphatic carbocycles. The molecule has 4 aliphatic heterocycles. The summed E-state index contributed by atoms with van der Waals surface area (Å²) in [6, 6.07) is 13.6. The minimum atomic E-state index is -1.49. The molecule has 11 heteroatoms. The maximum Gasteiger partial charge on any atom is 0.306 e. The van der Waals surface area contributed by atoms with E-state index in [9.17, 15) is 24.3 Å². The molecule has 0 aromatic heterocycles. The van der Waals surface area contributed by atoms with Crippen molar-refractivity contribution in [2.24, 2.45) is 17.8 Å². The molecule has 3 amide bonds. The van der Waals surface area contributed by atoms with E-state index in [0.29, 0.717) is 23.6 Å². The maximum absolute atomic E-state index is 14.8. The van der Waals surface area contributed by atoms with Crippen LogP contribution in [0.5, 0.6) is 0 Å². The molecule has 0 bridgehead atoms. The van der Waals surface area contributed by atoms with E-state index >= 15 is 0 Å². The van der Waals surface area contributed by atoms with Gasteiger partial charge in [0, 0.05) is 23.7 Å². The van der Waals surface area contributed by atoms with Gasteiger partial charge in [0.15, 0.2) is 0 Å². The molecule has 2 saturated heterocycles. The first-order valence-electron chi connectivity index (χ1n) is 16.2. The van der Waals surface area contributed by atoms with Crippen molar-refractivity contribution in [2.75, 3.05) is 24.7 Å². The lowest BCUT2D eigenvalue weighted by molar-refractivity contribution is -0.147. The molecule has 4 heterocycles. The average Bonchev–Trinajstić information content (AvgIpc) is 3.45. The Morgan fingerprint density at radius 2 is 1.77 bits per heavy atom. The number of ether oxygens (including phenoxy) is 2. The van der Waals surface area contributed by atoms with Crippen LogP contribution in [0.4, 0.5) is 5.69 Å². The SMILES string of the molecule is CC(C)C[C@H](CO)N1C(=O)[C@@H]2[C@H]3C(=O)N[C@H](c4ccccc4)COC(=O)CC/C=C\[C@H]3O[C@@]23C=CCN(c2ccc(Cl)cc2)C(=O)[C@@H]13. The predicted molar refractivity (Wildman–Crippen MR) is 175 cm³/mol. The second kappa shape index (κ2) is 13.6. The largest absolute Gasteiger partial charge is 0.463 e. The van der Waals surface area contributed by atoms with Crippen molar-refractivity contribution in [3.05, 3.63) is 89.5 Å². The third-order valence-corrected chi connectivity index (χ3v) is 9.74. The molecule has 2 N–H and O–H groups in total. The van der Waals surface area contributed by atoms with Crippen LogP contribution in [0.2, 0.25) is 5.02 Å². The molecular formula is C36H40ClN3O7. The number of anilines is 1. The van der Waals surface area contributed by atoms with E-state index < -0.39 is 59.5 Å². The molecular weight excluding hydrogens is 622 g/mol. The van der Waals surface area contributed by atoms with Crippen molar-refractivity contribution in [1.29, 1.82) is 0 Å². The number of nitrogens with zero attached hydrogens (tertiary/aromatic N) is 2. The van der Waals surface area contributed by atoms with E-state index in [1.807, 2.05) is 44.2 Å². The predicted octanol–water partition coefficient (Wildman–Crippen LogP) is 3.98. The molecule has 2 aromatic carbocycles. The van der Waals surface area contributed by atoms with Crippen molar-refractivity contribution < 1.29 is 33.8 Å². The molecule has 47 heavy (non-hydrogen) atoms. The highest BCUT2D eigenvalue weighted by Crippen LogP contribution is 2.54. The van der Waals surface area contributed by atoms with Gasteiger partial charge in [0.05, 0.1) is 36.6 Å². The van der Waals surface area contributed by atoms with Crippen LogP contribution in [0.15, 0.2) is 78.9 Å². The first-order valence-corrected chi connectivity index (χ1v) is 16.6. The quantitative estimate of drug-likeness (QED) is 0.354. The monoisotopic (exact) mass is 661 g/mol. The van der Waals surface area contributed by atoms with E-state index in [2.05, 4.69) is 5.32 Å². The molecule has 2 fully saturated rings. The van der Waals surface area contributed by atoms with Gasteiger partial charge in [0.1, 0.15) is 18.2 Å². The number of nitrogens with one attached hydrogen (secondary N) is 1. The van der Waals surface area contributed by atoms with Gasteiger partial charge in [-0.25, -0.2) is 0 Å². The summed E-state index contributed by atoms with van der Waals surface area (Å²) in [6.45, 7) is 3.75. The topological polar surface area (TPSA) is 125 Å². The lowest BCUT2D eigenvalue weighted by atomic mass is 9.77. The molecule has 4 aliphatic rings. The summed E-state index contributed by atoms with van der Waals surface area (Å²) in [4.78, 5) is 59.5. The summed E-state index contributed by atoms with van der Waals surface area (Å²) in [6.07, 6.45) is 7.12. The summed E-state index contributed by atoms with van der Waals surface area (Å²) < 4.78 is 12.3. The van der Waals surface area contributed by atoms with Crippen LogP contribution in [0.1, 0.15) is 44.7 Å². The van der Waals surface area contributed by atoms with E-state index in [1.54, 1.807) is 53.5 Å². The number of halogens is 1. The zero-order valence-corrected chi connectivity index (χ0v) is 27.2. The Hall–Kier alpha value is -3.99. The Morgan fingerprint density at radius 3 is 2.47 bits per heavy atom. The Kier molecular flexibility index (Phi) is 9.55. The first kappa shape index (κ1) is 32.9. The van der Waals surface area contributed by atoms with Gasteiger partial charge >= 0.3 is 5.97 Å². The lowest BCUT2D eigenvalue weighted by Gasteiger charge is -2.39. The van der Waals surface area contributed by atoms with Crippen LogP contribution in [-0.4, -0.2) is 77.2 Å². The van der Waals surface area contributed by atoms with Crippen LogP contribution in [0.3, 0.4) is 0 Å². The Balaban J connectivity index is 1.46. The summed E-state index contributed by atoms with van der Waals surface area (Å²) in [7, 11) is 0. The molecule has 0 unspecified atom stereocenters. The Morgan fingerprint density at radius 1 is 1.02 bits per heavy atom. The molecule has 7 atom stereocenters. The Bertz CT molecular complexity index is 1560. The average molecular weight is 662 g/mol. The molecule has 0 radical (unpaired) electrons. The number of carbonyl (C=O) groups is 4. The number of aliphatic hydroxyl groups is 1. The fourth-order valence-corrected chi connectivity index (χ4v) is 7.57. The van der Waals surface area contributed by atoms with Crippen molar-refractivity contribution in [3.63, 3.8) is 0 Å². The fourth-order valence-electron chi connectivity index (χ4n) is 7.44. The third kappa shape index (κ3) is 6.22. The summed E-state index contributed by atoms with van der Waals surface area (Å²) in [5, 5.41) is 14.2. The molecule has 6 rings (SSSR count). The number of hydrogen-bond acceptors (Lipinski definition) is 7. The maximum atomic E-state index is 14.8. The molecule has 10 nitrogen and oxygen atoms in total. The van der Waals surface area contributed by atoms with Gasteiger partial charge in [0.25, 0.3) is 5.91 Å². The number of esters is 1. The van der Waals surface area contributed by atoms with Crippen molar-refractivity contribution in [2.45, 2.75) is 62.9 Å². The number of aliphatic hydroxyl groups excluding tert-OH is 1. The van der Waals surface area contributed by atoms with E-state index in [0.717, 1.165) is 5.56 Å². The second-order valence-electron chi connectivity index (χ2n) is 13.0. The molecule has 1 spiro atoms. The smallest absolute Gasteiger partial charge is 0.306 e. The van der Waals surface area contributed by atoms with Gasteiger partial charge in [-0.2, -0.15) is 0 Å². The van der Waals surface area contributed by atoms with E-state index in [-0.39, 0.29) is 38.0 Å². The van der Waals surface area contributed by atoms with Gasteiger partial charge in [-0.05, 0) is 48.6 Å². The third-order valence-electron chi connectivity index (χ3n) is 9.49. The summed E-state index contributed by atoms with van der Waals surface area (Å²) in [5.41, 5.74) is -0.158. The normalized spacial score (nSPS) is 30.8. The number of carbonyl (C=O) groups excluding carboxylic acids is 4. The second-order valence-corrected chi connectivity index (χ2v) is 13.4. The number of benzene rings is 2. The Labute approximate surface area is 279 Å². The van der Waals surface area contributed by atoms with Crippen molar-refractivity contribution in [3.8, 4) is 0 Å². The van der Waals surface area contributed by atoms with Crippen LogP contribution >= 0.6 is 11.6 Å². The first-order chi connectivity index (χ1) is 22.6. The number of hydrogen-bond donors (Lipinski definition) is 2. The summed E-state index contributed by atoms with van der Waals surface area (Å²) in [5.74, 6) is -3.60. The number of fused-ring (bicyclic) bond motifs is 2. The standard InChI is InChI=1S/C36H40ClN3O7/c1-22(2)19-26(20-41)40-32-35(45)39(25-15-13-24(37)14-16-25)18-8-17-36(32)31(34(40)44)30-28(47-36)11-6-7-12-29(42)46-21-27(38-33(30)43)23-9-4-3-5-10-23/h3-6,8-11,13-17,22,26-28,30-32,41H,7,12,18-21H2,1-2H3,(H,38,43)/b11-6-/t26-,27+,28-,30+,31+,32-,36+/m1/s1. The van der Waals surface area contributed by atoms with Gasteiger partial charge in [-0.1, -0.05) is 80.1 Å². The van der Waals surface area contributed by atoms with Gasteiger partial charge < -0.3 is 29.7 Å². The highest BCUT2D eigenvalue weighted by molar-refractivity contribution is 6.30. The minimum absolute atomic E-state index is 0.0789. The minimum Gasteiger partial charge on any atom is -0.463 e. The fraction of sp³-hybridized carbons (Fsp3) is 0.444. The van der Waals surface area contributed by atoms with Crippen LogP contribution in [-0.2, 0) is 28.7 Å². The van der Waals surface area contributed by atoms with Crippen LogP contribution in [0.25, 0.3) is 0 Å². The van der Waals surface area contributed by atoms with Crippen molar-refractivity contribution in [1.82, 2.24) is 10.2 Å². The van der Waals surface area contributed by atoms with Crippen LogP contribution < -0.4 is 10.2 Å². The van der Waals surface area contributed by atoms with Crippen molar-refractivity contribution >= 4 is 41.0 Å². The number of rotatable bonds is 6. The number of cyclic esters (lactones) is 1.